The molecule has 1 aliphatic carbocycles. The van der Waals surface area contributed by atoms with Gasteiger partial charge >= 0.3 is 5.97 Å². The Morgan fingerprint density at radius 2 is 2.07 bits per heavy atom. The topological polar surface area (TPSA) is 113 Å². The number of carbonyl (C=O) groups excluding carboxylic acids is 1. The summed E-state index contributed by atoms with van der Waals surface area (Å²) in [6.07, 6.45) is 0.314. The molecule has 0 aliphatic heterocycles. The fourth-order valence-corrected chi connectivity index (χ4v) is 1.29. The highest BCUT2D eigenvalue weighted by atomic mass is 16.4. The molecule has 0 heterocycles. The van der Waals surface area contributed by atoms with Crippen molar-refractivity contribution in [3.05, 3.63) is 0 Å². The smallest absolute Gasteiger partial charge is 0.305 e. The predicted octanol–water partition coefficient (Wildman–Crippen LogP) is -1.57. The number of carboxylic acids is 1. The van der Waals surface area contributed by atoms with Gasteiger partial charge in [-0.05, 0) is 12.8 Å². The fourth-order valence-electron chi connectivity index (χ4n) is 1.29. The molecule has 1 amide bonds. The Hall–Kier alpha value is -1.14. The molecule has 14 heavy (non-hydrogen) atoms. The Balaban J connectivity index is 2.24. The quantitative estimate of drug-likeness (QED) is 0.440. The summed E-state index contributed by atoms with van der Waals surface area (Å²) in [6, 6.07) is -1.07. The van der Waals surface area contributed by atoms with Gasteiger partial charge in [-0.15, -0.1) is 0 Å². The van der Waals surface area contributed by atoms with Gasteiger partial charge in [0.2, 0.25) is 5.91 Å². The number of carbonyl (C=O) groups is 2. The summed E-state index contributed by atoms with van der Waals surface area (Å²) in [5, 5.41) is 19.9. The van der Waals surface area contributed by atoms with E-state index in [-0.39, 0.29) is 18.6 Å². The van der Waals surface area contributed by atoms with Crippen molar-refractivity contribution in [2.24, 2.45) is 5.73 Å². The highest BCUT2D eigenvalue weighted by Gasteiger charge is 2.30. The normalized spacial score (nSPS) is 27.6. The Kier molecular flexibility index (Phi) is 3.43. The van der Waals surface area contributed by atoms with Crippen molar-refractivity contribution < 1.29 is 19.8 Å². The molecule has 0 aromatic carbocycles. The molecular formula is C8H14N2O4. The van der Waals surface area contributed by atoms with Gasteiger partial charge in [0, 0.05) is 6.04 Å². The number of amides is 1. The second-order valence-corrected chi connectivity index (χ2v) is 3.54. The van der Waals surface area contributed by atoms with Gasteiger partial charge in [-0.3, -0.25) is 9.59 Å². The maximum atomic E-state index is 11.2. The van der Waals surface area contributed by atoms with Gasteiger partial charge in [0.25, 0.3) is 0 Å². The van der Waals surface area contributed by atoms with Crippen LogP contribution in [0.15, 0.2) is 0 Å². The maximum absolute atomic E-state index is 11.2. The van der Waals surface area contributed by atoms with Crippen LogP contribution < -0.4 is 11.1 Å². The summed E-state index contributed by atoms with van der Waals surface area (Å²) in [6.45, 7) is 0. The zero-order valence-corrected chi connectivity index (χ0v) is 7.64. The van der Waals surface area contributed by atoms with E-state index < -0.39 is 17.9 Å². The van der Waals surface area contributed by atoms with Crippen LogP contribution >= 0.6 is 0 Å². The second kappa shape index (κ2) is 4.39. The molecule has 1 fully saturated rings. The van der Waals surface area contributed by atoms with Crippen LogP contribution in [0.5, 0.6) is 0 Å². The molecule has 80 valence electrons. The van der Waals surface area contributed by atoms with Crippen LogP contribution in [-0.4, -0.2) is 40.3 Å². The van der Waals surface area contributed by atoms with Crippen molar-refractivity contribution in [2.45, 2.75) is 37.5 Å². The summed E-state index contributed by atoms with van der Waals surface area (Å²) >= 11 is 0. The first-order chi connectivity index (χ1) is 6.49. The maximum Gasteiger partial charge on any atom is 0.305 e. The fraction of sp³-hybridized carbons (Fsp3) is 0.750. The lowest BCUT2D eigenvalue weighted by atomic mass is 9.89. The summed E-state index contributed by atoms with van der Waals surface area (Å²) in [4.78, 5) is 21.4. The number of carboxylic acid groups (broad SMARTS) is 1. The lowest BCUT2D eigenvalue weighted by molar-refractivity contribution is -0.139. The van der Waals surface area contributed by atoms with E-state index in [1.165, 1.54) is 0 Å². The lowest BCUT2D eigenvalue weighted by Crippen LogP contribution is -2.52. The van der Waals surface area contributed by atoms with Crippen molar-refractivity contribution in [1.82, 2.24) is 5.32 Å². The van der Waals surface area contributed by atoms with Crippen LogP contribution in [0.3, 0.4) is 0 Å². The molecular weight excluding hydrogens is 188 g/mol. The molecule has 0 radical (unpaired) electrons. The Bertz CT molecular complexity index is 237. The third-order valence-electron chi connectivity index (χ3n) is 2.19. The van der Waals surface area contributed by atoms with Crippen LogP contribution in [0.4, 0.5) is 0 Å². The predicted molar refractivity (Wildman–Crippen MR) is 47.4 cm³/mol. The first-order valence-corrected chi connectivity index (χ1v) is 4.45. The molecule has 1 aliphatic rings. The minimum absolute atomic E-state index is 0.0580. The first kappa shape index (κ1) is 10.9. The Morgan fingerprint density at radius 3 is 2.50 bits per heavy atom. The third kappa shape index (κ3) is 2.97. The van der Waals surface area contributed by atoms with Crippen molar-refractivity contribution in [3.8, 4) is 0 Å². The van der Waals surface area contributed by atoms with E-state index in [1.807, 2.05) is 0 Å². The third-order valence-corrected chi connectivity index (χ3v) is 2.19. The van der Waals surface area contributed by atoms with Crippen LogP contribution in [0, 0.1) is 0 Å². The average molecular weight is 202 g/mol. The molecule has 0 spiro atoms. The molecule has 1 saturated carbocycles. The second-order valence-electron chi connectivity index (χ2n) is 3.54. The molecule has 5 N–H and O–H groups in total. The van der Waals surface area contributed by atoms with Crippen LogP contribution in [0.25, 0.3) is 0 Å². The number of aliphatic hydroxyl groups excluding tert-OH is 1. The molecule has 1 rings (SSSR count). The van der Waals surface area contributed by atoms with E-state index in [9.17, 15) is 9.59 Å². The largest absolute Gasteiger partial charge is 0.481 e. The van der Waals surface area contributed by atoms with E-state index in [4.69, 9.17) is 15.9 Å². The van der Waals surface area contributed by atoms with Gasteiger partial charge in [-0.2, -0.15) is 0 Å². The first-order valence-electron chi connectivity index (χ1n) is 4.45. The standard InChI is InChI=1S/C8H14N2O4/c9-6(3-7(12)13)8(14)10-4-1-5(11)2-4/h4-6,11H,1-3,9H2,(H,10,14)(H,12,13). The Labute approximate surface area is 81.1 Å². The minimum Gasteiger partial charge on any atom is -0.481 e. The van der Waals surface area contributed by atoms with Gasteiger partial charge in [0.05, 0.1) is 18.6 Å². The van der Waals surface area contributed by atoms with Crippen molar-refractivity contribution in [3.63, 3.8) is 0 Å². The van der Waals surface area contributed by atoms with E-state index in [2.05, 4.69) is 5.32 Å². The molecule has 1 atom stereocenters. The minimum atomic E-state index is -1.10. The molecule has 6 nitrogen and oxygen atoms in total. The molecule has 6 heteroatoms. The summed E-state index contributed by atoms with van der Waals surface area (Å²) < 4.78 is 0. The molecule has 0 aromatic rings. The molecule has 0 aromatic heterocycles. The van der Waals surface area contributed by atoms with Gasteiger partial charge < -0.3 is 21.3 Å². The van der Waals surface area contributed by atoms with Gasteiger partial charge in [-0.1, -0.05) is 0 Å². The van der Waals surface area contributed by atoms with E-state index in [0.29, 0.717) is 12.8 Å². The molecule has 1 unspecified atom stereocenters. The lowest BCUT2D eigenvalue weighted by Gasteiger charge is -2.32. The summed E-state index contributed by atoms with van der Waals surface area (Å²) in [5.41, 5.74) is 5.32. The number of nitrogens with one attached hydrogen (secondary N) is 1. The van der Waals surface area contributed by atoms with Crippen LogP contribution in [0.2, 0.25) is 0 Å². The highest BCUT2D eigenvalue weighted by molar-refractivity contribution is 5.86. The van der Waals surface area contributed by atoms with E-state index in [0.717, 1.165) is 0 Å². The Morgan fingerprint density at radius 1 is 1.50 bits per heavy atom. The van der Waals surface area contributed by atoms with Crippen LogP contribution in [-0.2, 0) is 9.59 Å². The van der Waals surface area contributed by atoms with Gasteiger partial charge in [0.1, 0.15) is 0 Å². The number of hydrogen-bond donors (Lipinski definition) is 4. The summed E-state index contributed by atoms with van der Waals surface area (Å²) in [7, 11) is 0. The number of aliphatic hydroxyl groups is 1. The number of aliphatic carboxylic acids is 1. The van der Waals surface area contributed by atoms with Crippen molar-refractivity contribution >= 4 is 11.9 Å². The number of hydrogen-bond acceptors (Lipinski definition) is 4. The van der Waals surface area contributed by atoms with E-state index >= 15 is 0 Å². The zero-order chi connectivity index (χ0) is 10.7. The number of rotatable bonds is 4. The van der Waals surface area contributed by atoms with Crippen molar-refractivity contribution in [2.75, 3.05) is 0 Å². The van der Waals surface area contributed by atoms with E-state index in [1.54, 1.807) is 0 Å². The summed E-state index contributed by atoms with van der Waals surface area (Å²) in [5.74, 6) is -1.56. The molecule has 0 bridgehead atoms. The highest BCUT2D eigenvalue weighted by Crippen LogP contribution is 2.19. The zero-order valence-electron chi connectivity index (χ0n) is 7.64. The monoisotopic (exact) mass is 202 g/mol. The number of nitrogens with two attached hydrogens (primary N) is 1. The average Bonchev–Trinajstić information content (AvgIpc) is 2.00. The van der Waals surface area contributed by atoms with Gasteiger partial charge in [0.15, 0.2) is 0 Å². The van der Waals surface area contributed by atoms with Crippen LogP contribution in [0.1, 0.15) is 19.3 Å². The van der Waals surface area contributed by atoms with Crippen molar-refractivity contribution in [1.29, 1.82) is 0 Å². The SMILES string of the molecule is NC(CC(=O)O)C(=O)NC1CC(O)C1. The molecule has 0 saturated heterocycles. The van der Waals surface area contributed by atoms with Gasteiger partial charge in [-0.25, -0.2) is 0 Å².